The number of halogens is 2. The van der Waals surface area contributed by atoms with Crippen LogP contribution in [0.2, 0.25) is 0 Å². The maximum Gasteiger partial charge on any atom is 0.412 e. The van der Waals surface area contributed by atoms with E-state index >= 15 is 8.78 Å². The van der Waals surface area contributed by atoms with Crippen molar-refractivity contribution in [1.82, 2.24) is 24.8 Å². The predicted octanol–water partition coefficient (Wildman–Crippen LogP) is 8.29. The number of nitrogens with one attached hydrogen (secondary N) is 1. The average molecular weight is 889 g/mol. The number of piperazine rings is 1. The molecule has 336 valence electrons. The normalized spacial score (nSPS) is 23.2. The van der Waals surface area contributed by atoms with Crippen molar-refractivity contribution < 1.29 is 42.1 Å². The van der Waals surface area contributed by atoms with Gasteiger partial charge in [-0.1, -0.05) is 0 Å². The van der Waals surface area contributed by atoms with E-state index < -0.39 is 28.9 Å². The van der Waals surface area contributed by atoms with Gasteiger partial charge in [0, 0.05) is 61.2 Å². The highest BCUT2D eigenvalue weighted by Crippen LogP contribution is 2.50. The number of nitriles is 1. The lowest BCUT2D eigenvalue weighted by Gasteiger charge is -2.42. The van der Waals surface area contributed by atoms with Crippen molar-refractivity contribution in [3.8, 4) is 23.3 Å². The fourth-order valence-corrected chi connectivity index (χ4v) is 10.7. The predicted molar refractivity (Wildman–Crippen MR) is 232 cm³/mol. The highest BCUT2D eigenvalue weighted by molar-refractivity contribution is 7.23. The van der Waals surface area contributed by atoms with Gasteiger partial charge < -0.3 is 33.5 Å². The number of hydrogen-bond donors (Lipinski definition) is 1. The highest BCUT2D eigenvalue weighted by atomic mass is 32.1. The van der Waals surface area contributed by atoms with Crippen LogP contribution in [0, 0.1) is 28.4 Å². The van der Waals surface area contributed by atoms with Crippen LogP contribution in [-0.2, 0) is 32.2 Å². The van der Waals surface area contributed by atoms with Crippen LogP contribution in [0.3, 0.4) is 0 Å². The smallest absolute Gasteiger partial charge is 0.412 e. The number of pyridine rings is 1. The Bertz CT molecular complexity index is 2520. The summed E-state index contributed by atoms with van der Waals surface area (Å²) in [4.78, 5) is 46.9. The molecule has 7 heterocycles. The molecule has 63 heavy (non-hydrogen) atoms. The van der Waals surface area contributed by atoms with Gasteiger partial charge in [0.1, 0.15) is 33.6 Å². The molecule has 1 saturated carbocycles. The molecule has 1 aliphatic carbocycles. The van der Waals surface area contributed by atoms with Crippen LogP contribution in [0.25, 0.3) is 32.2 Å². The molecular weight excluding hydrogens is 835 g/mol. The topological polar surface area (TPSA) is 164 Å². The number of fused-ring (bicyclic) bond motifs is 6. The summed E-state index contributed by atoms with van der Waals surface area (Å²) in [5.74, 6) is -0.997. The number of rotatable bonds is 8. The van der Waals surface area contributed by atoms with Gasteiger partial charge in [0.05, 0.1) is 59.6 Å². The van der Waals surface area contributed by atoms with Gasteiger partial charge in [0.2, 0.25) is 0 Å². The summed E-state index contributed by atoms with van der Waals surface area (Å²) in [6.07, 6.45) is 3.50. The standard InChI is InChI=1S/C45H54F2N8O7S/c1-23-15-53(16-24(2)60-23)21-45(11-12-45)22-59-40-50-36-33(38(51-40)55-25-9-10-26(55)18-54(17-25)42(57)62-44(6,7)8)29-20-58-19-28(29)31(34(36)47)35-32-27(13-48)39(52-41(56)61-43(3,4)5)63-37(32)30(46)14-49-35/h14,23-26H,9-12,15-22H2,1-8H3,(H,52,56)/t23-,24+,25?,26?. The SMILES string of the molecule is C[C@@H]1CN(CC2(COc3nc(N4C5CCC4CN(C(=O)OC(C)(C)C)C5)c4c5c(c(-c6ncc(F)c7sc(NC(=O)OC(C)(C)C)c(C#N)c67)c(F)c4n3)COC5)CC2)C[C@H](C)O1. The van der Waals surface area contributed by atoms with E-state index in [-0.39, 0.29) is 92.4 Å². The molecule has 15 nitrogen and oxygen atoms in total. The fraction of sp³-hybridized carbons (Fsp3) is 0.600. The molecule has 4 aromatic rings. The third-order valence-corrected chi connectivity index (χ3v) is 13.4. The number of aromatic nitrogens is 3. The van der Waals surface area contributed by atoms with Gasteiger partial charge in [0.15, 0.2) is 11.6 Å². The van der Waals surface area contributed by atoms with Gasteiger partial charge in [-0.05, 0) is 92.2 Å². The number of carbonyl (C=O) groups is 2. The van der Waals surface area contributed by atoms with E-state index in [2.05, 4.69) is 40.0 Å². The van der Waals surface area contributed by atoms with E-state index in [1.165, 1.54) is 0 Å². The Morgan fingerprint density at radius 1 is 0.968 bits per heavy atom. The van der Waals surface area contributed by atoms with Crippen molar-refractivity contribution >= 4 is 55.3 Å². The van der Waals surface area contributed by atoms with Gasteiger partial charge in [0.25, 0.3) is 0 Å². The molecule has 2 unspecified atom stereocenters. The first-order valence-electron chi connectivity index (χ1n) is 21.7. The molecule has 2 amide bonds. The summed E-state index contributed by atoms with van der Waals surface area (Å²) >= 11 is 0.842. The van der Waals surface area contributed by atoms with E-state index in [4.69, 9.17) is 33.7 Å². The molecule has 4 atom stereocenters. The number of anilines is 2. The summed E-state index contributed by atoms with van der Waals surface area (Å²) in [5.41, 5.74) is -0.582. The summed E-state index contributed by atoms with van der Waals surface area (Å²) in [6, 6.07) is 1.81. The number of likely N-dealkylation sites (tertiary alicyclic amines) is 1. The van der Waals surface area contributed by atoms with Crippen molar-refractivity contribution in [2.24, 2.45) is 5.41 Å². The number of carbonyl (C=O) groups excluding carboxylic acids is 2. The van der Waals surface area contributed by atoms with Gasteiger partial charge in [-0.15, -0.1) is 11.3 Å². The lowest BCUT2D eigenvalue weighted by Crippen LogP contribution is -2.56. The quantitative estimate of drug-likeness (QED) is 0.180. The second kappa shape index (κ2) is 15.9. The molecule has 0 radical (unpaired) electrons. The van der Waals surface area contributed by atoms with E-state index in [0.717, 1.165) is 62.9 Å². The highest BCUT2D eigenvalue weighted by Gasteiger charge is 2.47. The van der Waals surface area contributed by atoms with Crippen LogP contribution >= 0.6 is 11.3 Å². The first-order chi connectivity index (χ1) is 29.8. The Hall–Kier alpha value is -4.96. The van der Waals surface area contributed by atoms with Crippen LogP contribution in [0.4, 0.5) is 29.2 Å². The van der Waals surface area contributed by atoms with E-state index in [1.54, 1.807) is 25.7 Å². The number of nitrogens with zero attached hydrogens (tertiary/aromatic N) is 7. The van der Waals surface area contributed by atoms with Gasteiger partial charge >= 0.3 is 18.2 Å². The zero-order valence-electron chi connectivity index (χ0n) is 37.0. The minimum Gasteiger partial charge on any atom is -0.463 e. The molecule has 3 aromatic heterocycles. The van der Waals surface area contributed by atoms with Crippen LogP contribution in [0.1, 0.15) is 97.8 Å². The molecule has 4 fully saturated rings. The number of ether oxygens (including phenoxy) is 5. The lowest BCUT2D eigenvalue weighted by atomic mass is 9.93. The Balaban J connectivity index is 1.16. The molecule has 3 saturated heterocycles. The maximum atomic E-state index is 18.0. The molecule has 2 bridgehead atoms. The number of morpholine rings is 1. The molecule has 1 aromatic carbocycles. The van der Waals surface area contributed by atoms with Crippen molar-refractivity contribution in [1.29, 1.82) is 5.26 Å². The first kappa shape index (κ1) is 43.3. The number of thiophene rings is 1. The third-order valence-electron chi connectivity index (χ3n) is 12.3. The van der Waals surface area contributed by atoms with E-state index in [1.807, 2.05) is 20.8 Å². The van der Waals surface area contributed by atoms with Gasteiger partial charge in [-0.2, -0.15) is 15.2 Å². The lowest BCUT2D eigenvalue weighted by molar-refractivity contribution is -0.0741. The van der Waals surface area contributed by atoms with Crippen LogP contribution < -0.4 is 15.0 Å². The number of benzene rings is 1. The minimum absolute atomic E-state index is 0.00534. The van der Waals surface area contributed by atoms with E-state index in [9.17, 15) is 14.9 Å². The number of amides is 2. The largest absolute Gasteiger partial charge is 0.463 e. The Kier molecular flexibility index (Phi) is 10.9. The summed E-state index contributed by atoms with van der Waals surface area (Å²) in [5, 5.41) is 13.6. The Morgan fingerprint density at radius 2 is 1.63 bits per heavy atom. The molecule has 9 rings (SSSR count). The molecular formula is C45H54F2N8O7S. The zero-order valence-corrected chi connectivity index (χ0v) is 37.8. The van der Waals surface area contributed by atoms with E-state index in [0.29, 0.717) is 42.0 Å². The molecule has 18 heteroatoms. The minimum atomic E-state index is -0.839. The van der Waals surface area contributed by atoms with Crippen molar-refractivity contribution in [3.63, 3.8) is 0 Å². The summed E-state index contributed by atoms with van der Waals surface area (Å²) in [6.45, 7) is 18.5. The number of hydrogen-bond acceptors (Lipinski definition) is 14. The monoisotopic (exact) mass is 888 g/mol. The Labute approximate surface area is 369 Å². The van der Waals surface area contributed by atoms with Crippen molar-refractivity contribution in [2.45, 2.75) is 130 Å². The summed E-state index contributed by atoms with van der Waals surface area (Å²) in [7, 11) is 0. The molecule has 5 aliphatic rings. The van der Waals surface area contributed by atoms with Gasteiger partial charge in [-0.25, -0.2) is 18.4 Å². The van der Waals surface area contributed by atoms with Crippen LogP contribution in [0.15, 0.2) is 6.20 Å². The van der Waals surface area contributed by atoms with Crippen LogP contribution in [-0.4, -0.2) is 112 Å². The first-order valence-corrected chi connectivity index (χ1v) is 22.5. The van der Waals surface area contributed by atoms with Gasteiger partial charge in [-0.3, -0.25) is 15.2 Å². The molecule has 0 spiro atoms. The third kappa shape index (κ3) is 8.45. The van der Waals surface area contributed by atoms with Crippen LogP contribution in [0.5, 0.6) is 6.01 Å². The van der Waals surface area contributed by atoms with Crippen molar-refractivity contribution in [2.75, 3.05) is 49.5 Å². The second-order valence-electron chi connectivity index (χ2n) is 19.8. The fourth-order valence-electron chi connectivity index (χ4n) is 9.70. The molecule has 1 N–H and O–H groups in total. The zero-order chi connectivity index (χ0) is 44.7. The van der Waals surface area contributed by atoms with Crippen molar-refractivity contribution in [3.05, 3.63) is 34.5 Å². The second-order valence-corrected chi connectivity index (χ2v) is 20.8. The summed E-state index contributed by atoms with van der Waals surface area (Å²) < 4.78 is 63.5. The maximum absolute atomic E-state index is 18.0. The Morgan fingerprint density at radius 3 is 2.27 bits per heavy atom. The average Bonchev–Trinajstić information content (AvgIpc) is 3.46. The molecule has 4 aliphatic heterocycles.